The molecule has 0 radical (unpaired) electrons. The van der Waals surface area contributed by atoms with Gasteiger partial charge in [0.05, 0.1) is 18.8 Å². The zero-order chi connectivity index (χ0) is 27.9. The number of halogens is 4. The Labute approximate surface area is 227 Å². The number of carbonyl (C=O) groups excluding carboxylic acids is 2. The van der Waals surface area contributed by atoms with E-state index in [4.69, 9.17) is 16.3 Å². The molecule has 5 rings (SSSR count). The average molecular weight is 563 g/mol. The molecular formula is C27H26ClF3N4O4. The minimum absolute atomic E-state index is 0.0596. The van der Waals surface area contributed by atoms with Crippen LogP contribution in [0.2, 0.25) is 5.02 Å². The van der Waals surface area contributed by atoms with Gasteiger partial charge in [0.1, 0.15) is 17.5 Å². The molecule has 2 fully saturated rings. The molecule has 0 spiro atoms. The molecule has 0 bridgehead atoms. The second-order valence-corrected chi connectivity index (χ2v) is 10.4. The molecule has 2 saturated heterocycles. The van der Waals surface area contributed by atoms with Gasteiger partial charge in [0, 0.05) is 42.4 Å². The average Bonchev–Trinajstić information content (AvgIpc) is 3.49. The van der Waals surface area contributed by atoms with E-state index in [1.54, 1.807) is 16.9 Å². The highest BCUT2D eigenvalue weighted by Gasteiger charge is 2.52. The van der Waals surface area contributed by atoms with E-state index < -0.39 is 41.0 Å². The van der Waals surface area contributed by atoms with Crippen molar-refractivity contribution in [2.75, 3.05) is 18.1 Å². The lowest BCUT2D eigenvalue weighted by Gasteiger charge is -2.35. The van der Waals surface area contributed by atoms with Crippen LogP contribution < -0.4 is 10.2 Å². The molecule has 3 heterocycles. The number of carbonyl (C=O) groups is 2. The van der Waals surface area contributed by atoms with E-state index >= 15 is 0 Å². The van der Waals surface area contributed by atoms with E-state index in [1.165, 1.54) is 17.0 Å². The van der Waals surface area contributed by atoms with Gasteiger partial charge in [0.25, 0.3) is 11.8 Å². The number of benzene rings is 2. The molecule has 4 atom stereocenters. The molecule has 2 amide bonds. The summed E-state index contributed by atoms with van der Waals surface area (Å²) in [4.78, 5) is 27.1. The first-order valence-electron chi connectivity index (χ1n) is 12.4. The van der Waals surface area contributed by atoms with Gasteiger partial charge in [-0.2, -0.15) is 5.10 Å². The summed E-state index contributed by atoms with van der Waals surface area (Å²) in [7, 11) is 0. The summed E-state index contributed by atoms with van der Waals surface area (Å²) in [6, 6.07) is 8.45. The maximum atomic E-state index is 14.3. The Bertz CT molecular complexity index is 1400. The quantitative estimate of drug-likeness (QED) is 0.442. The smallest absolute Gasteiger partial charge is 0.270 e. The third-order valence-corrected chi connectivity index (χ3v) is 7.40. The van der Waals surface area contributed by atoms with Gasteiger partial charge in [-0.3, -0.25) is 19.2 Å². The lowest BCUT2D eigenvalue weighted by atomic mass is 9.89. The number of anilines is 1. The Balaban J connectivity index is 1.23. The predicted octanol–water partition coefficient (Wildman–Crippen LogP) is 4.08. The lowest BCUT2D eigenvalue weighted by molar-refractivity contribution is -0.149. The molecular weight excluding hydrogens is 537 g/mol. The summed E-state index contributed by atoms with van der Waals surface area (Å²) < 4.78 is 49.0. The summed E-state index contributed by atoms with van der Waals surface area (Å²) in [5.74, 6) is -3.26. The van der Waals surface area contributed by atoms with Crippen LogP contribution in [0.5, 0.6) is 0 Å². The number of hydrogen-bond donors (Lipinski definition) is 2. The maximum Gasteiger partial charge on any atom is 0.270 e. The molecule has 0 saturated carbocycles. The molecule has 0 aliphatic carbocycles. The van der Waals surface area contributed by atoms with Crippen molar-refractivity contribution >= 4 is 29.2 Å². The van der Waals surface area contributed by atoms with Crippen LogP contribution in [-0.2, 0) is 20.9 Å². The minimum Gasteiger partial charge on any atom is -0.372 e. The fourth-order valence-corrected chi connectivity index (χ4v) is 5.41. The largest absolute Gasteiger partial charge is 0.372 e. The second-order valence-electron chi connectivity index (χ2n) is 9.97. The van der Waals surface area contributed by atoms with Crippen molar-refractivity contribution in [2.24, 2.45) is 5.92 Å². The van der Waals surface area contributed by atoms with Crippen molar-refractivity contribution in [2.45, 2.75) is 44.1 Å². The molecule has 1 aromatic heterocycles. The summed E-state index contributed by atoms with van der Waals surface area (Å²) >= 11 is 5.83. The highest BCUT2D eigenvalue weighted by molar-refractivity contribution is 6.30. The highest BCUT2D eigenvalue weighted by Crippen LogP contribution is 2.39. The molecule has 206 valence electrons. The second kappa shape index (κ2) is 10.6. The zero-order valence-electron chi connectivity index (χ0n) is 20.9. The summed E-state index contributed by atoms with van der Waals surface area (Å²) in [5, 5.41) is 18.0. The monoisotopic (exact) mass is 562 g/mol. The van der Waals surface area contributed by atoms with Gasteiger partial charge in [-0.15, -0.1) is 0 Å². The molecule has 3 aromatic rings. The number of aliphatic hydroxyl groups is 1. The summed E-state index contributed by atoms with van der Waals surface area (Å²) in [6.07, 6.45) is 1.46. The van der Waals surface area contributed by atoms with Crippen molar-refractivity contribution in [3.8, 4) is 0 Å². The van der Waals surface area contributed by atoms with E-state index in [1.807, 2.05) is 6.92 Å². The standard InChI is InChI=1S/C27H26ClF3N4O4/c1-15-8-20(14-39-24(15)21-12-18(29)2-3-22(21)31)35-6-4-23(33-35)34-7-5-27(38,26(34)37)25(36)32-13-16-9-17(28)11-19(30)10-16/h2-4,6,9-12,15,20,24,38H,5,7-8,13-14H2,1H3,(H,32,36)/t15-,20+,24-,27-/m0/s1. The third kappa shape index (κ3) is 5.39. The van der Waals surface area contributed by atoms with Crippen LogP contribution >= 0.6 is 11.6 Å². The van der Waals surface area contributed by atoms with Gasteiger partial charge >= 0.3 is 0 Å². The first-order chi connectivity index (χ1) is 18.5. The van der Waals surface area contributed by atoms with Crippen LogP contribution in [0.3, 0.4) is 0 Å². The van der Waals surface area contributed by atoms with E-state index in [0.717, 1.165) is 24.3 Å². The first kappa shape index (κ1) is 27.2. The Morgan fingerprint density at radius 1 is 1.21 bits per heavy atom. The Morgan fingerprint density at radius 3 is 2.74 bits per heavy atom. The highest BCUT2D eigenvalue weighted by atomic mass is 35.5. The van der Waals surface area contributed by atoms with Crippen LogP contribution in [0, 0.1) is 23.4 Å². The molecule has 39 heavy (non-hydrogen) atoms. The fraction of sp³-hybridized carbons (Fsp3) is 0.370. The molecule has 0 unspecified atom stereocenters. The first-order valence-corrected chi connectivity index (χ1v) is 12.8. The molecule has 2 aliphatic heterocycles. The molecule has 2 aromatic carbocycles. The maximum absolute atomic E-state index is 14.3. The minimum atomic E-state index is -2.30. The lowest BCUT2D eigenvalue weighted by Crippen LogP contribution is -2.52. The van der Waals surface area contributed by atoms with Crippen LogP contribution in [0.25, 0.3) is 0 Å². The van der Waals surface area contributed by atoms with E-state index in [0.29, 0.717) is 12.0 Å². The number of nitrogens with one attached hydrogen (secondary N) is 1. The molecule has 8 nitrogen and oxygen atoms in total. The third-order valence-electron chi connectivity index (χ3n) is 7.19. The number of aromatic nitrogens is 2. The zero-order valence-corrected chi connectivity index (χ0v) is 21.7. The molecule has 12 heteroatoms. The number of ether oxygens (including phenoxy) is 1. The van der Waals surface area contributed by atoms with Crippen molar-refractivity contribution in [1.29, 1.82) is 0 Å². The van der Waals surface area contributed by atoms with Crippen LogP contribution in [0.15, 0.2) is 48.7 Å². The van der Waals surface area contributed by atoms with Gasteiger partial charge in [0.2, 0.25) is 5.60 Å². The number of rotatable bonds is 6. The van der Waals surface area contributed by atoms with Crippen molar-refractivity contribution < 1.29 is 32.6 Å². The van der Waals surface area contributed by atoms with Gasteiger partial charge in [-0.05, 0) is 54.3 Å². The van der Waals surface area contributed by atoms with E-state index in [2.05, 4.69) is 10.4 Å². The van der Waals surface area contributed by atoms with Gasteiger partial charge in [-0.25, -0.2) is 13.2 Å². The van der Waals surface area contributed by atoms with Crippen LogP contribution in [0.1, 0.15) is 43.0 Å². The predicted molar refractivity (Wildman–Crippen MR) is 135 cm³/mol. The number of hydrogen-bond acceptors (Lipinski definition) is 5. The van der Waals surface area contributed by atoms with Crippen LogP contribution in [-0.4, -0.2) is 45.5 Å². The normalized spacial score (nSPS) is 25.2. The summed E-state index contributed by atoms with van der Waals surface area (Å²) in [6.45, 7) is 2.01. The molecule has 2 N–H and O–H groups in total. The Morgan fingerprint density at radius 2 is 2.00 bits per heavy atom. The Kier molecular flexibility index (Phi) is 7.41. The van der Waals surface area contributed by atoms with Gasteiger partial charge in [0.15, 0.2) is 5.82 Å². The topological polar surface area (TPSA) is 96.7 Å². The SMILES string of the molecule is C[C@H]1C[C@@H](n2ccc(N3CC[C@](O)(C(=O)NCc4cc(F)cc(Cl)c4)C3=O)n2)CO[C@@H]1c1cc(F)ccc1F. The van der Waals surface area contributed by atoms with Crippen LogP contribution in [0.4, 0.5) is 19.0 Å². The van der Waals surface area contributed by atoms with Crippen molar-refractivity contribution in [3.05, 3.63) is 82.3 Å². The summed E-state index contributed by atoms with van der Waals surface area (Å²) in [5.41, 5.74) is -1.75. The van der Waals surface area contributed by atoms with E-state index in [9.17, 15) is 27.9 Å². The van der Waals surface area contributed by atoms with Crippen molar-refractivity contribution in [3.63, 3.8) is 0 Å². The van der Waals surface area contributed by atoms with Crippen molar-refractivity contribution in [1.82, 2.24) is 15.1 Å². The van der Waals surface area contributed by atoms with Gasteiger partial charge in [-0.1, -0.05) is 18.5 Å². The van der Waals surface area contributed by atoms with E-state index in [-0.39, 0.29) is 54.5 Å². The Hall–Kier alpha value is -3.41. The number of amides is 2. The van der Waals surface area contributed by atoms with Gasteiger partial charge < -0.3 is 15.2 Å². The molecule has 2 aliphatic rings. The number of nitrogens with zero attached hydrogens (tertiary/aromatic N) is 3. The fourth-order valence-electron chi connectivity index (χ4n) is 5.16.